The summed E-state index contributed by atoms with van der Waals surface area (Å²) in [5.74, 6) is 0.467. The second kappa shape index (κ2) is 10.5. The van der Waals surface area contributed by atoms with Gasteiger partial charge in [0.25, 0.3) is 5.91 Å². The highest BCUT2D eigenvalue weighted by Gasteiger charge is 2.24. The molecular formula is C26H32N4O3S. The predicted octanol–water partition coefficient (Wildman–Crippen LogP) is 4.03. The van der Waals surface area contributed by atoms with Crippen molar-refractivity contribution in [1.82, 2.24) is 19.6 Å². The average molecular weight is 481 g/mol. The molecule has 0 unspecified atom stereocenters. The Hall–Kier alpha value is -2.97. The zero-order chi connectivity index (χ0) is 24.1. The van der Waals surface area contributed by atoms with E-state index in [4.69, 9.17) is 4.98 Å². The molecule has 4 rings (SSSR count). The van der Waals surface area contributed by atoms with E-state index in [9.17, 15) is 13.2 Å². The van der Waals surface area contributed by atoms with Gasteiger partial charge < -0.3 is 9.88 Å². The largest absolute Gasteiger partial charge is 0.347 e. The summed E-state index contributed by atoms with van der Waals surface area (Å²) >= 11 is 0. The number of rotatable bonds is 8. The van der Waals surface area contributed by atoms with Crippen LogP contribution in [0.5, 0.6) is 0 Å². The maximum absolute atomic E-state index is 13.3. The number of amides is 1. The summed E-state index contributed by atoms with van der Waals surface area (Å²) in [6.45, 7) is 4.67. The Kier molecular flexibility index (Phi) is 7.48. The summed E-state index contributed by atoms with van der Waals surface area (Å²) in [6, 6.07) is 17.1. The molecule has 1 aliphatic rings. The summed E-state index contributed by atoms with van der Waals surface area (Å²) < 4.78 is 29.7. The van der Waals surface area contributed by atoms with Crippen LogP contribution in [0.3, 0.4) is 0 Å². The first kappa shape index (κ1) is 24.2. The molecule has 34 heavy (non-hydrogen) atoms. The monoisotopic (exact) mass is 480 g/mol. The topological polar surface area (TPSA) is 93.1 Å². The molecule has 0 aliphatic carbocycles. The number of hydrogen-bond donors (Lipinski definition) is 2. The van der Waals surface area contributed by atoms with Crippen LogP contribution in [0.2, 0.25) is 0 Å². The number of sulfonamides is 1. The third-order valence-corrected chi connectivity index (χ3v) is 7.46. The third kappa shape index (κ3) is 5.74. The number of hydrogen-bond acceptors (Lipinski definition) is 4. The second-order valence-electron chi connectivity index (χ2n) is 9.04. The first-order chi connectivity index (χ1) is 16.3. The van der Waals surface area contributed by atoms with E-state index >= 15 is 0 Å². The lowest BCUT2D eigenvalue weighted by Gasteiger charge is -2.13. The molecule has 1 aliphatic heterocycles. The SMILES string of the molecule is CC(C)NS(=O)(=O)Cc1ccccc1CNC(=O)c1nc(-c2ccccc2)n2c1CCCCC2. The van der Waals surface area contributed by atoms with E-state index in [2.05, 4.69) is 14.6 Å². The zero-order valence-corrected chi connectivity index (χ0v) is 20.6. The van der Waals surface area contributed by atoms with E-state index in [1.165, 1.54) is 0 Å². The first-order valence-electron chi connectivity index (χ1n) is 11.8. The first-order valence-corrected chi connectivity index (χ1v) is 13.5. The van der Waals surface area contributed by atoms with Crippen LogP contribution in [0.4, 0.5) is 0 Å². The summed E-state index contributed by atoms with van der Waals surface area (Å²) in [7, 11) is -3.47. The molecule has 0 saturated carbocycles. The molecule has 8 heteroatoms. The lowest BCUT2D eigenvalue weighted by molar-refractivity contribution is 0.0945. The molecular weight excluding hydrogens is 448 g/mol. The van der Waals surface area contributed by atoms with Gasteiger partial charge in [0.05, 0.1) is 11.4 Å². The van der Waals surface area contributed by atoms with E-state index in [0.29, 0.717) is 11.3 Å². The number of carbonyl (C=O) groups excluding carboxylic acids is 1. The lowest BCUT2D eigenvalue weighted by atomic mass is 10.1. The Morgan fingerprint density at radius 2 is 1.71 bits per heavy atom. The summed E-state index contributed by atoms with van der Waals surface area (Å²) in [5, 5.41) is 2.99. The van der Waals surface area contributed by atoms with Crippen molar-refractivity contribution in [3.63, 3.8) is 0 Å². The lowest BCUT2D eigenvalue weighted by Crippen LogP contribution is -2.32. The van der Waals surface area contributed by atoms with Gasteiger partial charge in [0.1, 0.15) is 11.5 Å². The fourth-order valence-electron chi connectivity index (χ4n) is 4.44. The molecule has 3 aromatic rings. The fourth-order valence-corrected chi connectivity index (χ4v) is 5.94. The van der Waals surface area contributed by atoms with Crippen LogP contribution >= 0.6 is 0 Å². The molecule has 2 aromatic carbocycles. The molecule has 7 nitrogen and oxygen atoms in total. The molecule has 1 aromatic heterocycles. The van der Waals surface area contributed by atoms with Crippen LogP contribution in [0.25, 0.3) is 11.4 Å². The van der Waals surface area contributed by atoms with E-state index in [0.717, 1.165) is 54.9 Å². The number of aromatic nitrogens is 2. The molecule has 0 radical (unpaired) electrons. The van der Waals surface area contributed by atoms with Crippen molar-refractivity contribution in [3.05, 3.63) is 77.1 Å². The molecule has 0 spiro atoms. The van der Waals surface area contributed by atoms with Gasteiger partial charge in [0.15, 0.2) is 0 Å². The fraction of sp³-hybridized carbons (Fsp3) is 0.385. The summed E-state index contributed by atoms with van der Waals surface area (Å²) in [6.07, 6.45) is 4.04. The van der Waals surface area contributed by atoms with Gasteiger partial charge in [-0.3, -0.25) is 4.79 Å². The highest BCUT2D eigenvalue weighted by atomic mass is 32.2. The number of nitrogens with zero attached hydrogens (tertiary/aromatic N) is 2. The molecule has 2 N–H and O–H groups in total. The van der Waals surface area contributed by atoms with Crippen molar-refractivity contribution in [3.8, 4) is 11.4 Å². The van der Waals surface area contributed by atoms with Crippen molar-refractivity contribution in [2.45, 2.75) is 64.4 Å². The maximum Gasteiger partial charge on any atom is 0.272 e. The number of nitrogens with one attached hydrogen (secondary N) is 2. The maximum atomic E-state index is 13.3. The molecule has 0 bridgehead atoms. The van der Waals surface area contributed by atoms with Gasteiger partial charge in [-0.25, -0.2) is 18.1 Å². The Balaban J connectivity index is 1.56. The van der Waals surface area contributed by atoms with Crippen LogP contribution in [0.1, 0.15) is 60.4 Å². The Morgan fingerprint density at radius 1 is 1.00 bits per heavy atom. The molecule has 0 saturated heterocycles. The van der Waals surface area contributed by atoms with Crippen molar-refractivity contribution in [2.75, 3.05) is 0 Å². The van der Waals surface area contributed by atoms with Crippen molar-refractivity contribution >= 4 is 15.9 Å². The van der Waals surface area contributed by atoms with Gasteiger partial charge >= 0.3 is 0 Å². The van der Waals surface area contributed by atoms with E-state index in [1.54, 1.807) is 19.9 Å². The van der Waals surface area contributed by atoms with Gasteiger partial charge in [-0.05, 0) is 44.2 Å². The van der Waals surface area contributed by atoms with E-state index in [1.807, 2.05) is 48.5 Å². The summed E-state index contributed by atoms with van der Waals surface area (Å²) in [4.78, 5) is 18.0. The van der Waals surface area contributed by atoms with Gasteiger partial charge in [-0.1, -0.05) is 61.0 Å². The van der Waals surface area contributed by atoms with Crippen molar-refractivity contribution in [1.29, 1.82) is 0 Å². The zero-order valence-electron chi connectivity index (χ0n) is 19.8. The van der Waals surface area contributed by atoms with E-state index < -0.39 is 10.0 Å². The minimum atomic E-state index is -3.47. The number of benzene rings is 2. The summed E-state index contributed by atoms with van der Waals surface area (Å²) in [5.41, 5.74) is 3.89. The van der Waals surface area contributed by atoms with Crippen LogP contribution in [0.15, 0.2) is 54.6 Å². The molecule has 0 fully saturated rings. The van der Waals surface area contributed by atoms with Crippen molar-refractivity contribution in [2.24, 2.45) is 0 Å². The number of carbonyl (C=O) groups is 1. The van der Waals surface area contributed by atoms with Gasteiger partial charge in [0.2, 0.25) is 10.0 Å². The minimum Gasteiger partial charge on any atom is -0.347 e. The molecule has 1 amide bonds. The quantitative estimate of drug-likeness (QED) is 0.509. The van der Waals surface area contributed by atoms with Crippen LogP contribution < -0.4 is 10.0 Å². The van der Waals surface area contributed by atoms with Crippen LogP contribution in [0, 0.1) is 0 Å². The molecule has 180 valence electrons. The highest BCUT2D eigenvalue weighted by Crippen LogP contribution is 2.27. The minimum absolute atomic E-state index is 0.130. The van der Waals surface area contributed by atoms with Gasteiger partial charge in [-0.2, -0.15) is 0 Å². The number of imidazole rings is 1. The Morgan fingerprint density at radius 3 is 2.44 bits per heavy atom. The Bertz CT molecular complexity index is 1250. The van der Waals surface area contributed by atoms with E-state index in [-0.39, 0.29) is 24.2 Å². The second-order valence-corrected chi connectivity index (χ2v) is 10.8. The smallest absolute Gasteiger partial charge is 0.272 e. The average Bonchev–Trinajstić information content (AvgIpc) is 2.98. The van der Waals surface area contributed by atoms with Gasteiger partial charge in [0, 0.05) is 24.7 Å². The normalized spacial score (nSPS) is 14.0. The number of fused-ring (bicyclic) bond motifs is 1. The van der Waals surface area contributed by atoms with Crippen LogP contribution in [-0.2, 0) is 35.3 Å². The third-order valence-electron chi connectivity index (χ3n) is 5.93. The highest BCUT2D eigenvalue weighted by molar-refractivity contribution is 7.88. The Labute approximate surface area is 201 Å². The molecule has 0 atom stereocenters. The molecule has 2 heterocycles. The standard InChI is InChI=1S/C26H32N4O3S/c1-19(2)29-34(32,33)18-22-14-9-8-13-21(22)17-27-26(31)24-23-15-7-4-10-16-30(23)25(28-24)20-11-5-3-6-12-20/h3,5-6,8-9,11-14,19,29H,4,7,10,15-18H2,1-2H3,(H,27,31). The van der Waals surface area contributed by atoms with Gasteiger partial charge in [-0.15, -0.1) is 0 Å². The van der Waals surface area contributed by atoms with Crippen LogP contribution in [-0.4, -0.2) is 29.9 Å². The van der Waals surface area contributed by atoms with Crippen molar-refractivity contribution < 1.29 is 13.2 Å². The predicted molar refractivity (Wildman–Crippen MR) is 134 cm³/mol.